The van der Waals surface area contributed by atoms with Gasteiger partial charge in [0.1, 0.15) is 18.1 Å². The minimum Gasteiger partial charge on any atom is -0.479 e. The summed E-state index contributed by atoms with van der Waals surface area (Å²) >= 11 is 0. The van der Waals surface area contributed by atoms with Crippen LogP contribution in [-0.4, -0.2) is 71.9 Å². The van der Waals surface area contributed by atoms with Gasteiger partial charge in [-0.2, -0.15) is 26.3 Å². The number of piperidine rings is 1. The molecule has 1 unspecified atom stereocenters. The fourth-order valence-electron chi connectivity index (χ4n) is 7.78. The molecule has 0 aromatic heterocycles. The number of benzene rings is 3. The van der Waals surface area contributed by atoms with E-state index in [2.05, 4.69) is 11.0 Å². The number of rotatable bonds is 9. The monoisotopic (exact) mass is 722 g/mol. The van der Waals surface area contributed by atoms with Crippen molar-refractivity contribution in [1.29, 1.82) is 0 Å². The van der Waals surface area contributed by atoms with Gasteiger partial charge in [0.2, 0.25) is 0 Å². The van der Waals surface area contributed by atoms with Crippen molar-refractivity contribution in [1.82, 2.24) is 9.80 Å². The van der Waals surface area contributed by atoms with Crippen LogP contribution >= 0.6 is 0 Å². The first-order chi connectivity index (χ1) is 24.0. The van der Waals surface area contributed by atoms with Crippen LogP contribution in [0.1, 0.15) is 70.8 Å². The Balaban J connectivity index is 1.21. The van der Waals surface area contributed by atoms with Crippen molar-refractivity contribution in [3.8, 4) is 0 Å². The number of carbonyl (C=O) groups excluding carboxylic acids is 1. The predicted octanol–water partition coefficient (Wildman–Crippen LogP) is 7.42. The Kier molecular flexibility index (Phi) is 9.98. The number of carboxylic acids is 1. The van der Waals surface area contributed by atoms with Gasteiger partial charge >= 0.3 is 18.3 Å². The number of carbonyl (C=O) groups is 2. The highest BCUT2D eigenvalue weighted by atomic mass is 19.4. The van der Waals surface area contributed by atoms with Gasteiger partial charge in [0.05, 0.1) is 23.8 Å². The molecular formula is C37H37F7N2O5. The molecule has 3 atom stereocenters. The van der Waals surface area contributed by atoms with Crippen LogP contribution < -0.4 is 0 Å². The van der Waals surface area contributed by atoms with E-state index in [4.69, 9.17) is 9.47 Å². The fraction of sp³-hybridized carbons (Fsp3) is 0.459. The SMILES string of the molecule is CCC(O[C@H]1Cc2ccccc2C12CCN(CC[C@@]1(c3ccc(F)cc3)CN(C(=O)c3cc(C(F)(F)F)cc(C(F)(F)F)c3)CO1)CC2)C(=O)O. The fourth-order valence-corrected chi connectivity index (χ4v) is 7.78. The molecule has 51 heavy (non-hydrogen) atoms. The van der Waals surface area contributed by atoms with Gasteiger partial charge in [0, 0.05) is 17.5 Å². The van der Waals surface area contributed by atoms with Gasteiger partial charge in [-0.25, -0.2) is 9.18 Å². The molecule has 274 valence electrons. The molecule has 1 spiro atoms. The first-order valence-corrected chi connectivity index (χ1v) is 16.7. The predicted molar refractivity (Wildman–Crippen MR) is 170 cm³/mol. The molecule has 0 bridgehead atoms. The second kappa shape index (κ2) is 13.8. The van der Waals surface area contributed by atoms with Crippen LogP contribution in [0, 0.1) is 5.82 Å². The smallest absolute Gasteiger partial charge is 0.416 e. The third-order valence-electron chi connectivity index (χ3n) is 10.6. The van der Waals surface area contributed by atoms with Gasteiger partial charge in [-0.3, -0.25) is 4.79 Å². The molecule has 3 aliphatic rings. The van der Waals surface area contributed by atoms with Crippen LogP contribution in [0.4, 0.5) is 30.7 Å². The van der Waals surface area contributed by atoms with E-state index in [1.807, 2.05) is 18.2 Å². The average molecular weight is 723 g/mol. The molecule has 7 nitrogen and oxygen atoms in total. The summed E-state index contributed by atoms with van der Waals surface area (Å²) in [6.07, 6.45) is -8.94. The van der Waals surface area contributed by atoms with Gasteiger partial charge in [-0.1, -0.05) is 43.3 Å². The van der Waals surface area contributed by atoms with Crippen molar-refractivity contribution >= 4 is 11.9 Å². The third-order valence-corrected chi connectivity index (χ3v) is 10.6. The number of carboxylic acid groups (broad SMARTS) is 1. The Labute approximate surface area is 289 Å². The Morgan fingerprint density at radius 3 is 2.18 bits per heavy atom. The summed E-state index contributed by atoms with van der Waals surface area (Å²) < 4.78 is 108. The number of aliphatic carboxylic acids is 1. The lowest BCUT2D eigenvalue weighted by Crippen LogP contribution is -2.50. The lowest BCUT2D eigenvalue weighted by molar-refractivity contribution is -0.158. The molecule has 0 saturated carbocycles. The second-order valence-corrected chi connectivity index (χ2v) is 13.5. The van der Waals surface area contributed by atoms with Crippen LogP contribution in [0.25, 0.3) is 0 Å². The molecule has 1 aliphatic carbocycles. The maximum absolute atomic E-state index is 14.0. The van der Waals surface area contributed by atoms with Crippen molar-refractivity contribution in [2.24, 2.45) is 0 Å². The summed E-state index contributed by atoms with van der Waals surface area (Å²) in [6.45, 7) is 2.84. The van der Waals surface area contributed by atoms with E-state index in [0.717, 1.165) is 16.0 Å². The molecular weight excluding hydrogens is 685 g/mol. The maximum Gasteiger partial charge on any atom is 0.416 e. The maximum atomic E-state index is 14.0. The zero-order chi connectivity index (χ0) is 36.8. The highest BCUT2D eigenvalue weighted by Crippen LogP contribution is 2.49. The van der Waals surface area contributed by atoms with E-state index in [0.29, 0.717) is 63.0 Å². The van der Waals surface area contributed by atoms with E-state index in [-0.39, 0.29) is 25.1 Å². The van der Waals surface area contributed by atoms with Crippen LogP contribution in [-0.2, 0) is 44.1 Å². The Morgan fingerprint density at radius 1 is 0.961 bits per heavy atom. The summed E-state index contributed by atoms with van der Waals surface area (Å²) in [5.41, 5.74) is -2.82. The average Bonchev–Trinajstić information content (AvgIpc) is 3.66. The minimum absolute atomic E-state index is 0.0321. The molecule has 3 aromatic rings. The number of halogens is 7. The zero-order valence-corrected chi connectivity index (χ0v) is 27.7. The Bertz CT molecular complexity index is 1720. The highest BCUT2D eigenvalue weighted by Gasteiger charge is 2.51. The van der Waals surface area contributed by atoms with Crippen LogP contribution in [0.5, 0.6) is 0 Å². The van der Waals surface area contributed by atoms with E-state index in [1.165, 1.54) is 24.3 Å². The molecule has 2 fully saturated rings. The Hall–Kier alpha value is -4.01. The number of alkyl halides is 6. The molecule has 1 amide bonds. The van der Waals surface area contributed by atoms with Crippen molar-refractivity contribution in [3.63, 3.8) is 0 Å². The standard InChI is InChI=1S/C37H37F7N2O5/c1-2-30(33(48)49)51-31-19-23-5-3-4-6-29(23)34(31)11-14-45(15-12-34)16-13-35(25-7-9-28(38)10-8-25)21-46(22-50-35)32(47)24-17-26(36(39,40)41)20-27(18-24)37(42,43)44/h3-10,17-18,20,30-31H,2,11-16,19,21-22H2,1H3,(H,48,49)/t30?,31-,35-/m0/s1. The summed E-state index contributed by atoms with van der Waals surface area (Å²) in [6, 6.07) is 14.2. The first-order valence-electron chi connectivity index (χ1n) is 16.7. The van der Waals surface area contributed by atoms with Crippen LogP contribution in [0.2, 0.25) is 0 Å². The van der Waals surface area contributed by atoms with E-state index < -0.39 is 70.6 Å². The van der Waals surface area contributed by atoms with Crippen molar-refractivity contribution in [2.75, 3.05) is 32.9 Å². The topological polar surface area (TPSA) is 79.3 Å². The zero-order valence-electron chi connectivity index (χ0n) is 27.7. The molecule has 6 rings (SSSR count). The summed E-state index contributed by atoms with van der Waals surface area (Å²) in [5.74, 6) is -2.59. The molecule has 0 radical (unpaired) electrons. The number of hydrogen-bond donors (Lipinski definition) is 1. The molecule has 2 aliphatic heterocycles. The van der Waals surface area contributed by atoms with Gasteiger partial charge < -0.3 is 24.4 Å². The quantitative estimate of drug-likeness (QED) is 0.232. The van der Waals surface area contributed by atoms with Gasteiger partial charge in [0.15, 0.2) is 6.10 Å². The van der Waals surface area contributed by atoms with Crippen molar-refractivity contribution < 1.29 is 54.9 Å². The summed E-state index contributed by atoms with van der Waals surface area (Å²) in [7, 11) is 0. The number of likely N-dealkylation sites (tertiary alicyclic amines) is 1. The minimum atomic E-state index is -5.12. The number of hydrogen-bond acceptors (Lipinski definition) is 5. The normalized spacial score (nSPS) is 22.7. The van der Waals surface area contributed by atoms with Gasteiger partial charge in [-0.15, -0.1) is 0 Å². The number of amides is 1. The lowest BCUT2D eigenvalue weighted by Gasteiger charge is -2.44. The highest BCUT2D eigenvalue weighted by molar-refractivity contribution is 5.95. The Morgan fingerprint density at radius 2 is 1.59 bits per heavy atom. The molecule has 2 heterocycles. The van der Waals surface area contributed by atoms with Gasteiger partial charge in [-0.05, 0) is 92.2 Å². The van der Waals surface area contributed by atoms with E-state index in [1.54, 1.807) is 6.92 Å². The number of ether oxygens (including phenoxy) is 2. The largest absolute Gasteiger partial charge is 0.479 e. The number of nitrogens with zero attached hydrogens (tertiary/aromatic N) is 2. The molecule has 1 N–H and O–H groups in total. The van der Waals surface area contributed by atoms with Crippen molar-refractivity contribution in [2.45, 2.75) is 74.6 Å². The van der Waals surface area contributed by atoms with E-state index in [9.17, 15) is 45.4 Å². The molecule has 2 saturated heterocycles. The third kappa shape index (κ3) is 7.36. The molecule has 14 heteroatoms. The van der Waals surface area contributed by atoms with Crippen LogP contribution in [0.3, 0.4) is 0 Å². The summed E-state index contributed by atoms with van der Waals surface area (Å²) in [4.78, 5) is 28.6. The molecule has 3 aromatic carbocycles. The summed E-state index contributed by atoms with van der Waals surface area (Å²) in [5, 5.41) is 9.71. The first kappa shape index (κ1) is 36.8. The van der Waals surface area contributed by atoms with Crippen LogP contribution in [0.15, 0.2) is 66.7 Å². The van der Waals surface area contributed by atoms with Gasteiger partial charge in [0.25, 0.3) is 5.91 Å². The second-order valence-electron chi connectivity index (χ2n) is 13.5. The number of fused-ring (bicyclic) bond motifs is 2. The van der Waals surface area contributed by atoms with E-state index >= 15 is 0 Å². The lowest BCUT2D eigenvalue weighted by atomic mass is 9.72. The van der Waals surface area contributed by atoms with Crippen molar-refractivity contribution in [3.05, 3.63) is 106 Å².